The van der Waals surface area contributed by atoms with Crippen LogP contribution >= 0.6 is 0 Å². The van der Waals surface area contributed by atoms with Crippen LogP contribution in [0.4, 0.5) is 0 Å². The second kappa shape index (κ2) is 2.62. The summed E-state index contributed by atoms with van der Waals surface area (Å²) in [6.07, 6.45) is 1.57. The molecule has 11 heavy (non-hydrogen) atoms. The second-order valence-electron chi connectivity index (χ2n) is 4.67. The lowest BCUT2D eigenvalue weighted by atomic mass is 9.65. The van der Waals surface area contributed by atoms with E-state index in [1.165, 1.54) is 0 Å². The Bertz CT molecular complexity index is 170. The van der Waals surface area contributed by atoms with Gasteiger partial charge in [0, 0.05) is 12.8 Å². The van der Waals surface area contributed by atoms with Gasteiger partial charge in [0.15, 0.2) is 0 Å². The summed E-state index contributed by atoms with van der Waals surface area (Å²) >= 11 is 0. The van der Waals surface area contributed by atoms with Gasteiger partial charge in [0.05, 0.1) is 0 Å². The van der Waals surface area contributed by atoms with Crippen molar-refractivity contribution in [1.82, 2.24) is 0 Å². The van der Waals surface area contributed by atoms with Gasteiger partial charge in [-0.3, -0.25) is 4.79 Å². The zero-order chi connectivity index (χ0) is 8.65. The Balaban J connectivity index is 2.75. The third kappa shape index (κ3) is 1.63. The monoisotopic (exact) mass is 154 g/mol. The molecular formula is C10H18O. The Morgan fingerprint density at radius 3 is 2.36 bits per heavy atom. The molecule has 1 saturated carbocycles. The van der Waals surface area contributed by atoms with Crippen molar-refractivity contribution < 1.29 is 4.79 Å². The topological polar surface area (TPSA) is 17.1 Å². The van der Waals surface area contributed by atoms with Crippen LogP contribution in [-0.4, -0.2) is 5.78 Å². The minimum atomic E-state index is 0.231. The Morgan fingerprint density at radius 1 is 1.36 bits per heavy atom. The fourth-order valence-corrected chi connectivity index (χ4v) is 2.05. The molecule has 1 fully saturated rings. The van der Waals surface area contributed by atoms with Gasteiger partial charge in [0.2, 0.25) is 0 Å². The fraction of sp³-hybridized carbons (Fsp3) is 0.900. The zero-order valence-electron chi connectivity index (χ0n) is 7.98. The number of Topliss-reactive ketones (excluding diaryl/α,β-unsaturated/α-hetero) is 1. The van der Waals surface area contributed by atoms with Crippen LogP contribution in [0.15, 0.2) is 0 Å². The minimum absolute atomic E-state index is 0.231. The number of rotatable bonds is 0. The molecule has 0 bridgehead atoms. The summed E-state index contributed by atoms with van der Waals surface area (Å²) in [5.41, 5.74) is 0.231. The van der Waals surface area contributed by atoms with Gasteiger partial charge in [0.25, 0.3) is 0 Å². The second-order valence-corrected chi connectivity index (χ2v) is 4.67. The zero-order valence-corrected chi connectivity index (χ0v) is 7.98. The molecule has 1 rings (SSSR count). The van der Waals surface area contributed by atoms with Gasteiger partial charge >= 0.3 is 0 Å². The summed E-state index contributed by atoms with van der Waals surface area (Å²) in [6, 6.07) is 0. The molecule has 0 aromatic rings. The molecule has 0 N–H and O–H groups in total. The maximum absolute atomic E-state index is 11.2. The Morgan fingerprint density at radius 2 is 1.91 bits per heavy atom. The molecule has 1 heteroatoms. The molecule has 0 aromatic heterocycles. The summed E-state index contributed by atoms with van der Waals surface area (Å²) in [5.74, 6) is 1.70. The van der Waals surface area contributed by atoms with E-state index in [-0.39, 0.29) is 5.41 Å². The highest BCUT2D eigenvalue weighted by molar-refractivity contribution is 5.80. The molecule has 0 radical (unpaired) electrons. The van der Waals surface area contributed by atoms with Crippen LogP contribution in [0, 0.1) is 17.3 Å². The quantitative estimate of drug-likeness (QED) is 0.524. The lowest BCUT2D eigenvalue weighted by Gasteiger charge is -2.39. The molecule has 2 atom stereocenters. The van der Waals surface area contributed by atoms with E-state index >= 15 is 0 Å². The number of ketones is 1. The van der Waals surface area contributed by atoms with Crippen molar-refractivity contribution in [2.24, 2.45) is 17.3 Å². The molecule has 1 nitrogen and oxygen atoms in total. The SMILES string of the molecule is CC1CC(=O)CC(C)(C)[C@H]1C. The third-order valence-electron chi connectivity index (χ3n) is 3.29. The summed E-state index contributed by atoms with van der Waals surface area (Å²) in [7, 11) is 0. The van der Waals surface area contributed by atoms with E-state index in [1.54, 1.807) is 0 Å². The summed E-state index contributed by atoms with van der Waals surface area (Å²) in [5, 5.41) is 0. The van der Waals surface area contributed by atoms with E-state index < -0.39 is 0 Å². The molecule has 0 aliphatic heterocycles. The molecule has 0 heterocycles. The first-order chi connectivity index (χ1) is 4.93. The van der Waals surface area contributed by atoms with E-state index in [1.807, 2.05) is 0 Å². The molecule has 1 aliphatic carbocycles. The van der Waals surface area contributed by atoms with Crippen LogP contribution < -0.4 is 0 Å². The molecule has 0 saturated heterocycles. The minimum Gasteiger partial charge on any atom is -0.300 e. The maximum Gasteiger partial charge on any atom is 0.133 e. The first-order valence-electron chi connectivity index (χ1n) is 4.45. The number of carbonyl (C=O) groups excluding carboxylic acids is 1. The van der Waals surface area contributed by atoms with Crippen molar-refractivity contribution in [3.05, 3.63) is 0 Å². The van der Waals surface area contributed by atoms with E-state index in [9.17, 15) is 4.79 Å². The first-order valence-corrected chi connectivity index (χ1v) is 4.45. The normalized spacial score (nSPS) is 37.3. The molecule has 0 spiro atoms. The summed E-state index contributed by atoms with van der Waals surface area (Å²) in [4.78, 5) is 11.2. The van der Waals surface area contributed by atoms with Crippen molar-refractivity contribution in [3.63, 3.8) is 0 Å². The first kappa shape index (κ1) is 8.76. The average molecular weight is 154 g/mol. The molecule has 1 aliphatic rings. The van der Waals surface area contributed by atoms with Crippen LogP contribution in [0.5, 0.6) is 0 Å². The van der Waals surface area contributed by atoms with E-state index in [2.05, 4.69) is 27.7 Å². The van der Waals surface area contributed by atoms with Crippen molar-refractivity contribution in [2.75, 3.05) is 0 Å². The Labute approximate surface area is 69.2 Å². The van der Waals surface area contributed by atoms with Gasteiger partial charge in [0.1, 0.15) is 5.78 Å². The summed E-state index contributed by atoms with van der Waals surface area (Å²) in [6.45, 7) is 8.84. The third-order valence-corrected chi connectivity index (χ3v) is 3.29. The van der Waals surface area contributed by atoms with Crippen molar-refractivity contribution in [3.8, 4) is 0 Å². The standard InChI is InChI=1S/C10H18O/c1-7-5-9(11)6-10(3,4)8(7)2/h7-8H,5-6H2,1-4H3/t7?,8-/m0/s1. The lowest BCUT2D eigenvalue weighted by Crippen LogP contribution is -2.35. The predicted molar refractivity (Wildman–Crippen MR) is 46.4 cm³/mol. The highest BCUT2D eigenvalue weighted by Gasteiger charge is 2.37. The van der Waals surface area contributed by atoms with E-state index in [0.29, 0.717) is 17.6 Å². The number of hydrogen-bond acceptors (Lipinski definition) is 1. The molecule has 0 aromatic carbocycles. The largest absolute Gasteiger partial charge is 0.300 e. The van der Waals surface area contributed by atoms with Crippen LogP contribution in [0.3, 0.4) is 0 Å². The Hall–Kier alpha value is -0.330. The molecule has 64 valence electrons. The highest BCUT2D eigenvalue weighted by atomic mass is 16.1. The van der Waals surface area contributed by atoms with Crippen LogP contribution in [0.2, 0.25) is 0 Å². The number of hydrogen-bond donors (Lipinski definition) is 0. The average Bonchev–Trinajstić information content (AvgIpc) is 1.81. The van der Waals surface area contributed by atoms with Crippen LogP contribution in [0.25, 0.3) is 0 Å². The molecule has 0 amide bonds. The molecular weight excluding hydrogens is 136 g/mol. The van der Waals surface area contributed by atoms with E-state index in [0.717, 1.165) is 12.8 Å². The van der Waals surface area contributed by atoms with Crippen LogP contribution in [0.1, 0.15) is 40.5 Å². The van der Waals surface area contributed by atoms with Gasteiger partial charge in [-0.1, -0.05) is 27.7 Å². The lowest BCUT2D eigenvalue weighted by molar-refractivity contribution is -0.126. The highest BCUT2D eigenvalue weighted by Crippen LogP contribution is 2.41. The van der Waals surface area contributed by atoms with Gasteiger partial charge < -0.3 is 0 Å². The van der Waals surface area contributed by atoms with Gasteiger partial charge in [-0.05, 0) is 17.3 Å². The van der Waals surface area contributed by atoms with Gasteiger partial charge in [-0.15, -0.1) is 0 Å². The van der Waals surface area contributed by atoms with Crippen molar-refractivity contribution in [1.29, 1.82) is 0 Å². The van der Waals surface area contributed by atoms with E-state index in [4.69, 9.17) is 0 Å². The predicted octanol–water partition coefficient (Wildman–Crippen LogP) is 2.65. The smallest absolute Gasteiger partial charge is 0.133 e. The maximum atomic E-state index is 11.2. The molecule has 1 unspecified atom stereocenters. The van der Waals surface area contributed by atoms with Gasteiger partial charge in [-0.2, -0.15) is 0 Å². The van der Waals surface area contributed by atoms with Crippen molar-refractivity contribution >= 4 is 5.78 Å². The summed E-state index contributed by atoms with van der Waals surface area (Å²) < 4.78 is 0. The number of carbonyl (C=O) groups is 1. The Kier molecular flexibility index (Phi) is 2.08. The fourth-order valence-electron chi connectivity index (χ4n) is 2.05. The van der Waals surface area contributed by atoms with Gasteiger partial charge in [-0.25, -0.2) is 0 Å². The van der Waals surface area contributed by atoms with Crippen LogP contribution in [-0.2, 0) is 4.79 Å². The van der Waals surface area contributed by atoms with Crippen molar-refractivity contribution in [2.45, 2.75) is 40.5 Å².